The van der Waals surface area contributed by atoms with Crippen LogP contribution in [0.2, 0.25) is 0 Å². The van der Waals surface area contributed by atoms with Gasteiger partial charge in [-0.05, 0) is 64.0 Å². The van der Waals surface area contributed by atoms with E-state index in [1.165, 1.54) is 6.42 Å². The maximum atomic E-state index is 8.85. The van der Waals surface area contributed by atoms with Gasteiger partial charge in [0.15, 0.2) is 5.96 Å². The molecule has 1 unspecified atom stereocenters. The van der Waals surface area contributed by atoms with Gasteiger partial charge in [-0.15, -0.1) is 0 Å². The number of hydrogen-bond donors (Lipinski definition) is 2. The molecule has 0 radical (unpaired) electrons. The highest BCUT2D eigenvalue weighted by Gasteiger charge is 2.06. The molecule has 0 saturated heterocycles. The highest BCUT2D eigenvalue weighted by Crippen LogP contribution is 2.05. The fourth-order valence-electron chi connectivity index (χ4n) is 2.64. The first-order valence-electron chi connectivity index (χ1n) is 9.39. The standard InChI is InChI=1S/C20H33N5/c1-5-22-20(23-16-19-12-10-18(15-21)11-13-19)24-17(4)9-8-14-25(6-2)7-3/h10-13,17H,5-9,14,16H2,1-4H3,(H2,22,23,24). The first-order valence-corrected chi connectivity index (χ1v) is 9.39. The minimum Gasteiger partial charge on any atom is -0.357 e. The van der Waals surface area contributed by atoms with Crippen molar-refractivity contribution in [2.45, 2.75) is 53.1 Å². The SMILES string of the molecule is CCNC(=NCc1ccc(C#N)cc1)NC(C)CCCN(CC)CC. The molecule has 0 spiro atoms. The van der Waals surface area contributed by atoms with Gasteiger partial charge in [0.25, 0.3) is 0 Å². The normalized spacial score (nSPS) is 12.7. The lowest BCUT2D eigenvalue weighted by Crippen LogP contribution is -2.42. The summed E-state index contributed by atoms with van der Waals surface area (Å²) in [5, 5.41) is 15.6. The first-order chi connectivity index (χ1) is 12.1. The lowest BCUT2D eigenvalue weighted by molar-refractivity contribution is 0.292. The van der Waals surface area contributed by atoms with Crippen LogP contribution in [-0.4, -0.2) is 43.1 Å². The van der Waals surface area contributed by atoms with E-state index in [2.05, 4.69) is 54.3 Å². The number of hydrogen-bond acceptors (Lipinski definition) is 3. The molecule has 0 heterocycles. The second-order valence-corrected chi connectivity index (χ2v) is 6.22. The molecule has 0 fully saturated rings. The average molecular weight is 344 g/mol. The minimum atomic E-state index is 0.384. The van der Waals surface area contributed by atoms with Gasteiger partial charge in [0.05, 0.1) is 18.2 Å². The summed E-state index contributed by atoms with van der Waals surface area (Å²) < 4.78 is 0. The fourth-order valence-corrected chi connectivity index (χ4v) is 2.64. The number of rotatable bonds is 10. The minimum absolute atomic E-state index is 0.384. The van der Waals surface area contributed by atoms with E-state index in [0.717, 1.165) is 44.1 Å². The van der Waals surface area contributed by atoms with E-state index in [1.807, 2.05) is 24.3 Å². The van der Waals surface area contributed by atoms with Crippen molar-refractivity contribution in [3.8, 4) is 6.07 Å². The van der Waals surface area contributed by atoms with Crippen LogP contribution in [0.1, 0.15) is 51.7 Å². The van der Waals surface area contributed by atoms with E-state index in [4.69, 9.17) is 5.26 Å². The first kappa shape index (κ1) is 21.0. The molecule has 0 aliphatic rings. The molecule has 1 atom stereocenters. The molecule has 5 heteroatoms. The van der Waals surface area contributed by atoms with Crippen molar-refractivity contribution in [1.82, 2.24) is 15.5 Å². The van der Waals surface area contributed by atoms with Gasteiger partial charge in [-0.25, -0.2) is 4.99 Å². The summed E-state index contributed by atoms with van der Waals surface area (Å²) >= 11 is 0. The van der Waals surface area contributed by atoms with Gasteiger partial charge in [0, 0.05) is 12.6 Å². The second-order valence-electron chi connectivity index (χ2n) is 6.22. The van der Waals surface area contributed by atoms with E-state index >= 15 is 0 Å². The highest BCUT2D eigenvalue weighted by molar-refractivity contribution is 5.80. The Bertz CT molecular complexity index is 540. The fraction of sp³-hybridized carbons (Fsp3) is 0.600. The van der Waals surface area contributed by atoms with Crippen molar-refractivity contribution >= 4 is 5.96 Å². The summed E-state index contributed by atoms with van der Waals surface area (Å²) in [4.78, 5) is 7.11. The van der Waals surface area contributed by atoms with Crippen LogP contribution in [0, 0.1) is 11.3 Å². The molecule has 0 bridgehead atoms. The highest BCUT2D eigenvalue weighted by atomic mass is 15.2. The molecule has 1 aromatic carbocycles. The van der Waals surface area contributed by atoms with Crippen LogP contribution in [0.25, 0.3) is 0 Å². The Kier molecular flexibility index (Phi) is 10.3. The van der Waals surface area contributed by atoms with Crippen LogP contribution >= 0.6 is 0 Å². The Balaban J connectivity index is 2.49. The zero-order chi connectivity index (χ0) is 18.5. The Morgan fingerprint density at radius 2 is 1.88 bits per heavy atom. The Hall–Kier alpha value is -2.06. The molecule has 1 aromatic rings. The molecule has 1 rings (SSSR count). The average Bonchev–Trinajstić information content (AvgIpc) is 2.64. The summed E-state index contributed by atoms with van der Waals surface area (Å²) in [5.74, 6) is 0.849. The predicted octanol–water partition coefficient (Wildman–Crippen LogP) is 3.12. The van der Waals surface area contributed by atoms with Gasteiger partial charge in [0.1, 0.15) is 0 Å². The molecule has 0 aliphatic heterocycles. The van der Waals surface area contributed by atoms with E-state index in [9.17, 15) is 0 Å². The Morgan fingerprint density at radius 1 is 1.20 bits per heavy atom. The van der Waals surface area contributed by atoms with Gasteiger partial charge in [-0.2, -0.15) is 5.26 Å². The quantitative estimate of drug-likeness (QED) is 0.506. The van der Waals surface area contributed by atoms with Crippen molar-refractivity contribution in [1.29, 1.82) is 5.26 Å². The second kappa shape index (κ2) is 12.3. The van der Waals surface area contributed by atoms with Gasteiger partial charge < -0.3 is 15.5 Å². The predicted molar refractivity (Wildman–Crippen MR) is 106 cm³/mol. The zero-order valence-electron chi connectivity index (χ0n) is 16.2. The summed E-state index contributed by atoms with van der Waals surface area (Å²) in [6.07, 6.45) is 2.31. The number of guanidine groups is 1. The van der Waals surface area contributed by atoms with Crippen LogP contribution in [0.4, 0.5) is 0 Å². The van der Waals surface area contributed by atoms with Gasteiger partial charge in [0.2, 0.25) is 0 Å². The van der Waals surface area contributed by atoms with E-state index in [1.54, 1.807) is 0 Å². The van der Waals surface area contributed by atoms with Gasteiger partial charge in [-0.3, -0.25) is 0 Å². The van der Waals surface area contributed by atoms with Crippen LogP contribution in [-0.2, 0) is 6.54 Å². The number of nitrogens with one attached hydrogen (secondary N) is 2. The van der Waals surface area contributed by atoms with E-state index in [0.29, 0.717) is 18.2 Å². The molecule has 0 aliphatic carbocycles. The lowest BCUT2D eigenvalue weighted by Gasteiger charge is -2.21. The molecule has 2 N–H and O–H groups in total. The van der Waals surface area contributed by atoms with Gasteiger partial charge >= 0.3 is 0 Å². The van der Waals surface area contributed by atoms with Crippen molar-refractivity contribution in [2.75, 3.05) is 26.2 Å². The largest absolute Gasteiger partial charge is 0.357 e. The van der Waals surface area contributed by atoms with Crippen LogP contribution in [0.5, 0.6) is 0 Å². The number of aliphatic imine (C=N–C) groups is 1. The van der Waals surface area contributed by atoms with Crippen LogP contribution in [0.3, 0.4) is 0 Å². The van der Waals surface area contributed by atoms with Crippen LogP contribution in [0.15, 0.2) is 29.3 Å². The Morgan fingerprint density at radius 3 is 2.44 bits per heavy atom. The third-order valence-corrected chi connectivity index (χ3v) is 4.24. The summed E-state index contributed by atoms with van der Waals surface area (Å²) in [7, 11) is 0. The van der Waals surface area contributed by atoms with Crippen molar-refractivity contribution in [3.63, 3.8) is 0 Å². The van der Waals surface area contributed by atoms with E-state index in [-0.39, 0.29) is 0 Å². The monoisotopic (exact) mass is 343 g/mol. The molecular formula is C20H33N5. The van der Waals surface area contributed by atoms with Gasteiger partial charge in [-0.1, -0.05) is 26.0 Å². The molecule has 138 valence electrons. The molecular weight excluding hydrogens is 310 g/mol. The number of benzene rings is 1. The third-order valence-electron chi connectivity index (χ3n) is 4.24. The maximum absolute atomic E-state index is 8.85. The molecule has 5 nitrogen and oxygen atoms in total. The number of nitrogens with zero attached hydrogens (tertiary/aromatic N) is 3. The van der Waals surface area contributed by atoms with Crippen molar-refractivity contribution in [2.24, 2.45) is 4.99 Å². The lowest BCUT2D eigenvalue weighted by atomic mass is 10.1. The molecule has 0 saturated carbocycles. The smallest absolute Gasteiger partial charge is 0.191 e. The topological polar surface area (TPSA) is 63.5 Å². The molecule has 0 aromatic heterocycles. The summed E-state index contributed by atoms with van der Waals surface area (Å²) in [6.45, 7) is 13.5. The Labute approximate surface area is 153 Å². The van der Waals surface area contributed by atoms with E-state index < -0.39 is 0 Å². The molecule has 25 heavy (non-hydrogen) atoms. The van der Waals surface area contributed by atoms with Crippen LogP contribution < -0.4 is 10.6 Å². The summed E-state index contributed by atoms with van der Waals surface area (Å²) in [5.41, 5.74) is 1.78. The third kappa shape index (κ3) is 8.55. The van der Waals surface area contributed by atoms with Crippen molar-refractivity contribution in [3.05, 3.63) is 35.4 Å². The number of nitriles is 1. The maximum Gasteiger partial charge on any atom is 0.191 e. The zero-order valence-corrected chi connectivity index (χ0v) is 16.2. The van der Waals surface area contributed by atoms with Crippen molar-refractivity contribution < 1.29 is 0 Å². The summed E-state index contributed by atoms with van der Waals surface area (Å²) in [6, 6.07) is 10.1. The molecule has 0 amide bonds.